The fourth-order valence-electron chi connectivity index (χ4n) is 2.20. The largest absolute Gasteiger partial charge is 0.287 e. The molecule has 0 saturated heterocycles. The topological polar surface area (TPSA) is 47.8 Å². The second kappa shape index (κ2) is 7.03. The molecule has 23 heavy (non-hydrogen) atoms. The summed E-state index contributed by atoms with van der Waals surface area (Å²) >= 11 is 10.7. The highest BCUT2D eigenvalue weighted by molar-refractivity contribution is 9.10. The van der Waals surface area contributed by atoms with Gasteiger partial charge in [0, 0.05) is 23.0 Å². The minimum atomic E-state index is -0.0180. The van der Waals surface area contributed by atoms with Crippen molar-refractivity contribution < 1.29 is 0 Å². The minimum absolute atomic E-state index is 0.0180. The van der Waals surface area contributed by atoms with Crippen LogP contribution in [-0.4, -0.2) is 14.5 Å². The molecule has 0 amide bonds. The van der Waals surface area contributed by atoms with E-state index in [0.29, 0.717) is 33.5 Å². The van der Waals surface area contributed by atoms with E-state index < -0.39 is 0 Å². The normalized spacial score (nSPS) is 11.1. The van der Waals surface area contributed by atoms with Gasteiger partial charge in [0.1, 0.15) is 5.15 Å². The smallest absolute Gasteiger partial charge is 0.262 e. The fraction of sp³-hybridized carbons (Fsp3) is 0.188. The maximum atomic E-state index is 12.6. The molecule has 0 spiro atoms. The monoisotopic (exact) mass is 409 g/mol. The quantitative estimate of drug-likeness (QED) is 0.360. The van der Waals surface area contributed by atoms with Gasteiger partial charge in [-0.3, -0.25) is 9.36 Å². The molecular weight excluding hydrogens is 398 g/mol. The summed E-state index contributed by atoms with van der Waals surface area (Å²) in [7, 11) is 0. The van der Waals surface area contributed by atoms with Crippen LogP contribution in [0.5, 0.6) is 0 Å². The first-order valence-corrected chi connectivity index (χ1v) is 9.17. The van der Waals surface area contributed by atoms with E-state index in [9.17, 15) is 4.79 Å². The van der Waals surface area contributed by atoms with E-state index in [0.717, 1.165) is 10.0 Å². The van der Waals surface area contributed by atoms with Gasteiger partial charge in [-0.1, -0.05) is 45.4 Å². The van der Waals surface area contributed by atoms with Crippen molar-refractivity contribution in [2.24, 2.45) is 0 Å². The van der Waals surface area contributed by atoms with Crippen molar-refractivity contribution in [2.45, 2.75) is 24.4 Å². The predicted octanol–water partition coefficient (Wildman–Crippen LogP) is 4.52. The van der Waals surface area contributed by atoms with Crippen molar-refractivity contribution in [1.29, 1.82) is 0 Å². The Balaban J connectivity index is 1.98. The SMILES string of the molecule is CCn1c(SCc2ccc(Cl)nc2)nc2ccc(Br)cc2c1=O. The third kappa shape index (κ3) is 3.59. The van der Waals surface area contributed by atoms with Gasteiger partial charge in [-0.05, 0) is 36.8 Å². The highest BCUT2D eigenvalue weighted by Gasteiger charge is 2.11. The summed E-state index contributed by atoms with van der Waals surface area (Å²) in [5, 5.41) is 1.81. The van der Waals surface area contributed by atoms with Crippen molar-refractivity contribution >= 4 is 50.2 Å². The number of hydrogen-bond acceptors (Lipinski definition) is 4. The Morgan fingerprint density at radius 3 is 2.83 bits per heavy atom. The van der Waals surface area contributed by atoms with Crippen molar-refractivity contribution in [2.75, 3.05) is 0 Å². The molecule has 2 aromatic heterocycles. The van der Waals surface area contributed by atoms with Crippen molar-refractivity contribution in [3.8, 4) is 0 Å². The van der Waals surface area contributed by atoms with Crippen LogP contribution in [0.2, 0.25) is 5.15 Å². The average Bonchev–Trinajstić information content (AvgIpc) is 2.55. The van der Waals surface area contributed by atoms with Crippen LogP contribution in [0.1, 0.15) is 12.5 Å². The van der Waals surface area contributed by atoms with E-state index in [1.54, 1.807) is 16.8 Å². The molecule has 0 fully saturated rings. The Bertz CT molecular complexity index is 912. The lowest BCUT2D eigenvalue weighted by molar-refractivity contribution is 0.634. The highest BCUT2D eigenvalue weighted by atomic mass is 79.9. The van der Waals surface area contributed by atoms with Crippen LogP contribution >= 0.6 is 39.3 Å². The zero-order valence-corrected chi connectivity index (χ0v) is 15.5. The average molecular weight is 411 g/mol. The predicted molar refractivity (Wildman–Crippen MR) is 98.2 cm³/mol. The van der Waals surface area contributed by atoms with Crippen LogP contribution < -0.4 is 5.56 Å². The molecule has 1 aromatic carbocycles. The van der Waals surface area contributed by atoms with Crippen molar-refractivity contribution in [3.05, 3.63) is 62.1 Å². The Morgan fingerprint density at radius 2 is 2.13 bits per heavy atom. The van der Waals surface area contributed by atoms with Crippen LogP contribution in [0, 0.1) is 0 Å². The Kier molecular flexibility index (Phi) is 5.04. The van der Waals surface area contributed by atoms with Crippen LogP contribution in [0.4, 0.5) is 0 Å². The maximum absolute atomic E-state index is 12.6. The Hall–Kier alpha value is -1.37. The zero-order chi connectivity index (χ0) is 16.4. The van der Waals surface area contributed by atoms with Crippen LogP contribution in [0.3, 0.4) is 0 Å². The number of rotatable bonds is 4. The molecule has 0 radical (unpaired) electrons. The summed E-state index contributed by atoms with van der Waals surface area (Å²) in [5.41, 5.74) is 1.72. The van der Waals surface area contributed by atoms with Gasteiger partial charge in [0.2, 0.25) is 0 Å². The lowest BCUT2D eigenvalue weighted by atomic mass is 10.2. The summed E-state index contributed by atoms with van der Waals surface area (Å²) < 4.78 is 2.57. The number of aromatic nitrogens is 3. The molecule has 0 aliphatic carbocycles. The second-order valence-corrected chi connectivity index (χ2v) is 7.13. The number of benzene rings is 1. The van der Waals surface area contributed by atoms with Gasteiger partial charge < -0.3 is 0 Å². The van der Waals surface area contributed by atoms with E-state index in [1.165, 1.54) is 11.8 Å². The van der Waals surface area contributed by atoms with Gasteiger partial charge >= 0.3 is 0 Å². The second-order valence-electron chi connectivity index (χ2n) is 4.88. The molecule has 0 bridgehead atoms. The summed E-state index contributed by atoms with van der Waals surface area (Å²) in [4.78, 5) is 21.4. The van der Waals surface area contributed by atoms with Crippen molar-refractivity contribution in [3.63, 3.8) is 0 Å². The molecule has 2 heterocycles. The van der Waals surface area contributed by atoms with E-state index in [2.05, 4.69) is 25.9 Å². The van der Waals surface area contributed by atoms with Gasteiger partial charge in [-0.2, -0.15) is 0 Å². The molecule has 0 unspecified atom stereocenters. The van der Waals surface area contributed by atoms with Crippen LogP contribution in [-0.2, 0) is 12.3 Å². The molecule has 0 atom stereocenters. The molecule has 0 saturated carbocycles. The molecule has 4 nitrogen and oxygen atoms in total. The first-order chi connectivity index (χ1) is 11.1. The molecule has 3 rings (SSSR count). The standard InChI is InChI=1S/C16H13BrClN3OS/c1-2-21-15(22)12-7-11(17)4-5-13(12)20-16(21)23-9-10-3-6-14(18)19-8-10/h3-8H,2,9H2,1H3. The summed E-state index contributed by atoms with van der Waals surface area (Å²) in [6.45, 7) is 2.52. The lowest BCUT2D eigenvalue weighted by Crippen LogP contribution is -2.22. The summed E-state index contributed by atoms with van der Waals surface area (Å²) in [5.74, 6) is 0.679. The van der Waals surface area contributed by atoms with Gasteiger partial charge in [-0.25, -0.2) is 9.97 Å². The van der Waals surface area contributed by atoms with Crippen LogP contribution in [0.15, 0.2) is 51.0 Å². The minimum Gasteiger partial charge on any atom is -0.287 e. The molecule has 7 heteroatoms. The number of thioether (sulfide) groups is 1. The first-order valence-electron chi connectivity index (χ1n) is 7.02. The molecule has 0 aliphatic rings. The highest BCUT2D eigenvalue weighted by Crippen LogP contribution is 2.23. The van der Waals surface area contributed by atoms with Crippen molar-refractivity contribution in [1.82, 2.24) is 14.5 Å². The van der Waals surface area contributed by atoms with Gasteiger partial charge in [0.25, 0.3) is 5.56 Å². The Morgan fingerprint density at radius 1 is 1.30 bits per heavy atom. The number of nitrogens with zero attached hydrogens (tertiary/aromatic N) is 3. The van der Waals surface area contributed by atoms with Gasteiger partial charge in [0.15, 0.2) is 5.16 Å². The molecule has 3 aromatic rings. The summed E-state index contributed by atoms with van der Waals surface area (Å²) in [6.07, 6.45) is 1.74. The zero-order valence-electron chi connectivity index (χ0n) is 12.3. The van der Waals surface area contributed by atoms with Gasteiger partial charge in [-0.15, -0.1) is 0 Å². The number of hydrogen-bond donors (Lipinski definition) is 0. The number of pyridine rings is 1. The maximum Gasteiger partial charge on any atom is 0.262 e. The van der Waals surface area contributed by atoms with E-state index in [4.69, 9.17) is 11.6 Å². The fourth-order valence-corrected chi connectivity index (χ4v) is 3.67. The third-order valence-electron chi connectivity index (χ3n) is 3.35. The summed E-state index contributed by atoms with van der Waals surface area (Å²) in [6, 6.07) is 9.25. The lowest BCUT2D eigenvalue weighted by Gasteiger charge is -2.11. The molecule has 118 valence electrons. The third-order valence-corrected chi connectivity index (χ3v) is 5.12. The van der Waals surface area contributed by atoms with Crippen LogP contribution in [0.25, 0.3) is 10.9 Å². The van der Waals surface area contributed by atoms with E-state index in [-0.39, 0.29) is 5.56 Å². The van der Waals surface area contributed by atoms with E-state index >= 15 is 0 Å². The number of halogens is 2. The molecule has 0 N–H and O–H groups in total. The van der Waals surface area contributed by atoms with E-state index in [1.807, 2.05) is 31.2 Å². The van der Waals surface area contributed by atoms with Gasteiger partial charge in [0.05, 0.1) is 10.9 Å². The number of fused-ring (bicyclic) bond motifs is 1. The molecule has 0 aliphatic heterocycles. The first kappa shape index (κ1) is 16.5. The Labute approximate surface area is 151 Å². The molecular formula is C16H13BrClN3OS.